The number of ether oxygens (including phenoxy) is 1. The minimum atomic E-state index is -4.39. The molecule has 0 bridgehead atoms. The van der Waals surface area contributed by atoms with Crippen molar-refractivity contribution in [2.45, 2.75) is 19.2 Å². The molecule has 0 unspecified atom stereocenters. The molecule has 1 N–H and O–H groups in total. The highest BCUT2D eigenvalue weighted by molar-refractivity contribution is 5.48. The van der Waals surface area contributed by atoms with E-state index in [2.05, 4.69) is 0 Å². The van der Waals surface area contributed by atoms with E-state index >= 15 is 0 Å². The molecular weight excluding hydrogens is 255 g/mol. The lowest BCUT2D eigenvalue weighted by molar-refractivity contribution is -0.385. The van der Waals surface area contributed by atoms with Gasteiger partial charge in [0.05, 0.1) is 24.6 Å². The summed E-state index contributed by atoms with van der Waals surface area (Å²) in [5, 5.41) is 19.5. The number of halogens is 3. The van der Waals surface area contributed by atoms with Gasteiger partial charge in [-0.3, -0.25) is 10.1 Å². The van der Waals surface area contributed by atoms with Crippen LogP contribution in [-0.2, 0) is 6.61 Å². The maximum Gasteiger partial charge on any atom is 0.392 e. The summed E-state index contributed by atoms with van der Waals surface area (Å²) < 4.78 is 40.5. The van der Waals surface area contributed by atoms with E-state index in [4.69, 9.17) is 9.84 Å². The molecule has 100 valence electrons. The van der Waals surface area contributed by atoms with Crippen molar-refractivity contribution in [1.29, 1.82) is 0 Å². The lowest BCUT2D eigenvalue weighted by Gasteiger charge is -2.09. The topological polar surface area (TPSA) is 72.6 Å². The molecule has 0 aliphatic rings. The molecular formula is C10H10F3NO4. The van der Waals surface area contributed by atoms with Gasteiger partial charge in [0.1, 0.15) is 0 Å². The number of aliphatic hydroxyl groups is 1. The summed E-state index contributed by atoms with van der Waals surface area (Å²) in [6.07, 6.45) is -5.59. The number of alkyl halides is 3. The summed E-state index contributed by atoms with van der Waals surface area (Å²) in [4.78, 5) is 9.86. The molecule has 0 radical (unpaired) electrons. The van der Waals surface area contributed by atoms with Crippen molar-refractivity contribution in [2.24, 2.45) is 0 Å². The van der Waals surface area contributed by atoms with Crippen molar-refractivity contribution in [3.05, 3.63) is 33.9 Å². The lowest BCUT2D eigenvalue weighted by atomic mass is 10.2. The zero-order chi connectivity index (χ0) is 13.8. The maximum atomic E-state index is 11.9. The Hall–Kier alpha value is -1.83. The van der Waals surface area contributed by atoms with E-state index in [9.17, 15) is 23.3 Å². The Bertz CT molecular complexity index is 434. The van der Waals surface area contributed by atoms with Crippen LogP contribution in [0.15, 0.2) is 18.2 Å². The molecule has 8 heteroatoms. The zero-order valence-electron chi connectivity index (χ0n) is 9.11. The Labute approximate surface area is 99.9 Å². The fourth-order valence-corrected chi connectivity index (χ4v) is 1.20. The van der Waals surface area contributed by atoms with Crippen LogP contribution in [0.5, 0.6) is 5.75 Å². The first-order chi connectivity index (χ1) is 8.33. The van der Waals surface area contributed by atoms with E-state index < -0.39 is 29.8 Å². The van der Waals surface area contributed by atoms with Crippen molar-refractivity contribution in [3.63, 3.8) is 0 Å². The Kier molecular flexibility index (Phi) is 4.49. The average Bonchev–Trinajstić information content (AvgIpc) is 2.26. The lowest BCUT2D eigenvalue weighted by Crippen LogP contribution is -2.13. The molecule has 1 aromatic carbocycles. The molecule has 0 saturated carbocycles. The molecule has 0 heterocycles. The highest BCUT2D eigenvalue weighted by Crippen LogP contribution is 2.29. The fourth-order valence-electron chi connectivity index (χ4n) is 1.20. The van der Waals surface area contributed by atoms with Crippen LogP contribution in [0.25, 0.3) is 0 Å². The maximum absolute atomic E-state index is 11.9. The molecule has 0 spiro atoms. The normalized spacial score (nSPS) is 11.3. The molecule has 0 aliphatic heterocycles. The molecule has 18 heavy (non-hydrogen) atoms. The van der Waals surface area contributed by atoms with Crippen molar-refractivity contribution in [2.75, 3.05) is 6.61 Å². The number of hydrogen-bond acceptors (Lipinski definition) is 4. The molecule has 1 aromatic rings. The summed E-state index contributed by atoms with van der Waals surface area (Å²) in [6, 6.07) is 3.53. The zero-order valence-corrected chi connectivity index (χ0v) is 9.11. The first kappa shape index (κ1) is 14.2. The van der Waals surface area contributed by atoms with Gasteiger partial charge in [-0.05, 0) is 17.7 Å². The van der Waals surface area contributed by atoms with Crippen LogP contribution in [0.2, 0.25) is 0 Å². The van der Waals surface area contributed by atoms with Crippen LogP contribution in [0, 0.1) is 10.1 Å². The van der Waals surface area contributed by atoms with Crippen LogP contribution in [-0.4, -0.2) is 22.8 Å². The molecule has 0 aliphatic carbocycles. The molecule has 0 fully saturated rings. The number of benzene rings is 1. The number of rotatable bonds is 5. The molecule has 0 atom stereocenters. The summed E-state index contributed by atoms with van der Waals surface area (Å²) in [7, 11) is 0. The predicted molar refractivity (Wildman–Crippen MR) is 55.2 cm³/mol. The van der Waals surface area contributed by atoms with E-state index in [0.29, 0.717) is 5.56 Å². The van der Waals surface area contributed by atoms with Gasteiger partial charge in [0.2, 0.25) is 0 Å². The van der Waals surface area contributed by atoms with Crippen molar-refractivity contribution < 1.29 is 27.9 Å². The highest BCUT2D eigenvalue weighted by Gasteiger charge is 2.27. The van der Waals surface area contributed by atoms with E-state index in [1.54, 1.807) is 0 Å². The van der Waals surface area contributed by atoms with E-state index in [1.807, 2.05) is 0 Å². The quantitative estimate of drug-likeness (QED) is 0.655. The van der Waals surface area contributed by atoms with Crippen LogP contribution < -0.4 is 4.74 Å². The number of hydrogen-bond donors (Lipinski definition) is 1. The smallest absolute Gasteiger partial charge is 0.392 e. The van der Waals surface area contributed by atoms with E-state index in [1.165, 1.54) is 6.07 Å². The average molecular weight is 265 g/mol. The molecule has 0 saturated heterocycles. The molecule has 1 rings (SSSR count). The van der Waals surface area contributed by atoms with Crippen molar-refractivity contribution >= 4 is 5.69 Å². The van der Waals surface area contributed by atoms with Gasteiger partial charge in [0.15, 0.2) is 5.75 Å². The fraction of sp³-hybridized carbons (Fsp3) is 0.400. The number of nitro groups is 1. The third-order valence-corrected chi connectivity index (χ3v) is 2.05. The van der Waals surface area contributed by atoms with Crippen molar-refractivity contribution in [3.8, 4) is 5.75 Å². The van der Waals surface area contributed by atoms with Gasteiger partial charge < -0.3 is 9.84 Å². The number of aliphatic hydroxyl groups excluding tert-OH is 1. The van der Waals surface area contributed by atoms with E-state index in [-0.39, 0.29) is 12.4 Å². The van der Waals surface area contributed by atoms with Gasteiger partial charge in [-0.2, -0.15) is 13.2 Å². The minimum absolute atomic E-state index is 0.282. The van der Waals surface area contributed by atoms with Crippen LogP contribution >= 0.6 is 0 Å². The summed E-state index contributed by atoms with van der Waals surface area (Å²) in [5.41, 5.74) is -0.114. The molecule has 5 nitrogen and oxygen atoms in total. The Morgan fingerprint density at radius 1 is 1.39 bits per heavy atom. The number of nitrogens with zero attached hydrogens (tertiary/aromatic N) is 1. The third kappa shape index (κ3) is 4.21. The van der Waals surface area contributed by atoms with Gasteiger partial charge in [-0.1, -0.05) is 0 Å². The first-order valence-corrected chi connectivity index (χ1v) is 4.91. The second-order valence-electron chi connectivity index (χ2n) is 3.43. The summed E-state index contributed by atoms with van der Waals surface area (Å²) in [5.74, 6) is -0.282. The second kappa shape index (κ2) is 5.67. The monoisotopic (exact) mass is 265 g/mol. The van der Waals surface area contributed by atoms with Gasteiger partial charge >= 0.3 is 11.9 Å². The van der Waals surface area contributed by atoms with Crippen LogP contribution in [0.3, 0.4) is 0 Å². The van der Waals surface area contributed by atoms with Crippen molar-refractivity contribution in [1.82, 2.24) is 0 Å². The molecule has 0 aromatic heterocycles. The largest absolute Gasteiger partial charge is 0.486 e. The van der Waals surface area contributed by atoms with Crippen LogP contribution in [0.4, 0.5) is 18.9 Å². The second-order valence-corrected chi connectivity index (χ2v) is 3.43. The van der Waals surface area contributed by atoms with Crippen LogP contribution in [0.1, 0.15) is 12.0 Å². The Morgan fingerprint density at radius 2 is 2.06 bits per heavy atom. The SMILES string of the molecule is O=[N+]([O-])c1ccc(CO)cc1OCCC(F)(F)F. The van der Waals surface area contributed by atoms with Gasteiger partial charge in [0, 0.05) is 6.07 Å². The van der Waals surface area contributed by atoms with Gasteiger partial charge in [-0.25, -0.2) is 0 Å². The summed E-state index contributed by atoms with van der Waals surface area (Å²) in [6.45, 7) is -1.09. The third-order valence-electron chi connectivity index (χ3n) is 2.05. The highest BCUT2D eigenvalue weighted by atomic mass is 19.4. The van der Waals surface area contributed by atoms with Gasteiger partial charge in [0.25, 0.3) is 0 Å². The molecule has 0 amide bonds. The predicted octanol–water partition coefficient (Wildman–Crippen LogP) is 2.42. The summed E-state index contributed by atoms with van der Waals surface area (Å²) >= 11 is 0. The Balaban J connectivity index is 2.81. The Morgan fingerprint density at radius 3 is 2.56 bits per heavy atom. The number of nitro benzene ring substituents is 1. The first-order valence-electron chi connectivity index (χ1n) is 4.91. The van der Waals surface area contributed by atoms with Gasteiger partial charge in [-0.15, -0.1) is 0 Å². The standard InChI is InChI=1S/C10H10F3NO4/c11-10(12,13)3-4-18-9-5-7(6-15)1-2-8(9)14(16)17/h1-2,5,15H,3-4,6H2. The van der Waals surface area contributed by atoms with E-state index in [0.717, 1.165) is 12.1 Å². The minimum Gasteiger partial charge on any atom is -0.486 e.